The number of benzene rings is 8. The minimum absolute atomic E-state index is 0.565. The summed E-state index contributed by atoms with van der Waals surface area (Å²) in [5.41, 5.74) is 7.21. The molecule has 5 aromatic heterocycles. The van der Waals surface area contributed by atoms with Gasteiger partial charge in [0.1, 0.15) is 33.0 Å². The van der Waals surface area contributed by atoms with E-state index in [0.717, 1.165) is 114 Å². The fraction of sp³-hybridized carbons (Fsp3) is 0. The topological polar surface area (TPSA) is 71.4 Å². The van der Waals surface area contributed by atoms with Crippen LogP contribution in [0.25, 0.3) is 85.7 Å². The Labute approximate surface area is 352 Å². The number of anilines is 6. The van der Waals surface area contributed by atoms with E-state index in [2.05, 4.69) is 149 Å². The van der Waals surface area contributed by atoms with Gasteiger partial charge in [-0.15, -0.1) is 11.3 Å². The van der Waals surface area contributed by atoms with E-state index in [1.165, 1.54) is 0 Å². The molecule has 0 aliphatic carbocycles. The van der Waals surface area contributed by atoms with Crippen molar-refractivity contribution in [1.29, 1.82) is 0 Å². The zero-order chi connectivity index (χ0) is 40.0. The highest BCUT2D eigenvalue weighted by molar-refractivity contribution is 7.25. The lowest BCUT2D eigenvalue weighted by Crippen LogP contribution is -2.13. The van der Waals surface area contributed by atoms with Crippen LogP contribution in [-0.2, 0) is 0 Å². The Balaban J connectivity index is 0.981. The van der Waals surface area contributed by atoms with Gasteiger partial charge in [-0.05, 0) is 65.4 Å². The van der Waals surface area contributed by atoms with Gasteiger partial charge in [-0.3, -0.25) is 9.80 Å². The molecular weight excluding hydrogens is 771 g/mol. The van der Waals surface area contributed by atoms with Crippen molar-refractivity contribution in [1.82, 2.24) is 15.0 Å². The highest BCUT2D eigenvalue weighted by atomic mass is 32.1. The molecule has 0 bridgehead atoms. The average molecular weight is 802 g/mol. The molecule has 0 radical (unpaired) electrons. The zero-order valence-electron chi connectivity index (χ0n) is 32.4. The number of nitrogens with zero attached hydrogens (tertiary/aromatic N) is 5. The summed E-state index contributed by atoms with van der Waals surface area (Å²) < 4.78 is 13.8. The second-order valence-corrected chi connectivity index (χ2v) is 16.3. The zero-order valence-corrected chi connectivity index (χ0v) is 33.2. The van der Waals surface area contributed by atoms with Crippen LogP contribution in [0, 0.1) is 0 Å². The average Bonchev–Trinajstić information content (AvgIpc) is 3.99. The van der Waals surface area contributed by atoms with Crippen LogP contribution in [0.4, 0.5) is 34.5 Å². The van der Waals surface area contributed by atoms with E-state index in [0.29, 0.717) is 5.95 Å². The van der Waals surface area contributed by atoms with Crippen LogP contribution in [0.2, 0.25) is 0 Å². The Morgan fingerprint density at radius 2 is 0.902 bits per heavy atom. The molecule has 13 rings (SSSR count). The van der Waals surface area contributed by atoms with Crippen LogP contribution >= 0.6 is 11.3 Å². The van der Waals surface area contributed by atoms with E-state index in [9.17, 15) is 0 Å². The fourth-order valence-corrected chi connectivity index (χ4v) is 9.98. The van der Waals surface area contributed by atoms with Crippen molar-refractivity contribution in [3.8, 4) is 0 Å². The largest absolute Gasteiger partial charge is 0.456 e. The number of hydrogen-bond acceptors (Lipinski definition) is 8. The number of fused-ring (bicyclic) bond motifs is 11. The van der Waals surface area contributed by atoms with Crippen molar-refractivity contribution in [3.05, 3.63) is 188 Å². The smallest absolute Gasteiger partial charge is 0.235 e. The summed E-state index contributed by atoms with van der Waals surface area (Å²) in [6.45, 7) is 0. The Morgan fingerprint density at radius 1 is 0.393 bits per heavy atom. The van der Waals surface area contributed by atoms with Crippen LogP contribution in [0.5, 0.6) is 0 Å². The number of thiophene rings is 1. The first kappa shape index (κ1) is 33.9. The van der Waals surface area contributed by atoms with Crippen LogP contribution in [0.15, 0.2) is 197 Å². The maximum Gasteiger partial charge on any atom is 0.235 e. The molecule has 0 aliphatic rings. The van der Waals surface area contributed by atoms with Crippen molar-refractivity contribution in [2.75, 3.05) is 9.80 Å². The highest BCUT2D eigenvalue weighted by Gasteiger charge is 2.23. The third-order valence-corrected chi connectivity index (χ3v) is 12.8. The first-order valence-electron chi connectivity index (χ1n) is 20.2. The van der Waals surface area contributed by atoms with Gasteiger partial charge in [0, 0.05) is 72.3 Å². The van der Waals surface area contributed by atoms with Gasteiger partial charge in [-0.2, -0.15) is 0 Å². The number of rotatable bonds is 6. The molecule has 0 aliphatic heterocycles. The Hall–Kier alpha value is -8.07. The second-order valence-electron chi connectivity index (χ2n) is 15.3. The lowest BCUT2D eigenvalue weighted by Gasteiger charge is -2.25. The second kappa shape index (κ2) is 13.2. The van der Waals surface area contributed by atoms with E-state index in [-0.39, 0.29) is 0 Å². The summed E-state index contributed by atoms with van der Waals surface area (Å²) in [4.78, 5) is 20.8. The predicted molar refractivity (Wildman–Crippen MR) is 252 cm³/mol. The summed E-state index contributed by atoms with van der Waals surface area (Å²) in [6, 6.07) is 61.0. The van der Waals surface area contributed by atoms with Crippen molar-refractivity contribution >= 4 is 132 Å². The van der Waals surface area contributed by atoms with Gasteiger partial charge in [0.2, 0.25) is 5.95 Å². The molecule has 286 valence electrons. The number of pyridine rings is 1. The van der Waals surface area contributed by atoms with Crippen molar-refractivity contribution < 1.29 is 8.83 Å². The lowest BCUT2D eigenvalue weighted by atomic mass is 10.1. The van der Waals surface area contributed by atoms with E-state index >= 15 is 0 Å². The number of furan rings is 2. The maximum atomic E-state index is 6.40. The monoisotopic (exact) mass is 801 g/mol. The number of hydrogen-bond donors (Lipinski definition) is 0. The molecule has 0 N–H and O–H groups in total. The van der Waals surface area contributed by atoms with Crippen molar-refractivity contribution in [2.24, 2.45) is 0 Å². The van der Waals surface area contributed by atoms with Gasteiger partial charge in [-0.25, -0.2) is 15.0 Å². The van der Waals surface area contributed by atoms with Crippen LogP contribution < -0.4 is 9.80 Å². The molecule has 0 saturated carbocycles. The number of aromatic nitrogens is 3. The molecule has 13 aromatic rings. The molecule has 0 amide bonds. The van der Waals surface area contributed by atoms with Gasteiger partial charge < -0.3 is 8.83 Å². The van der Waals surface area contributed by atoms with Crippen LogP contribution in [0.3, 0.4) is 0 Å². The van der Waals surface area contributed by atoms with Gasteiger partial charge in [0.05, 0.1) is 22.7 Å². The SMILES string of the molecule is c1ccc2c(N(c3ccc4c(c3)oc3ccccc34)c3cc4sc5nc(N(c6ccc7c(c6)oc6ccccc67)c6cccc7ccccc67)ncc5c4cn3)cccc2c1. The van der Waals surface area contributed by atoms with Crippen LogP contribution in [-0.4, -0.2) is 15.0 Å². The van der Waals surface area contributed by atoms with Gasteiger partial charge in [0.15, 0.2) is 0 Å². The van der Waals surface area contributed by atoms with Gasteiger partial charge in [-0.1, -0.05) is 109 Å². The Kier molecular flexibility index (Phi) is 7.34. The summed E-state index contributed by atoms with van der Waals surface area (Å²) in [7, 11) is 0. The Morgan fingerprint density at radius 3 is 1.54 bits per heavy atom. The minimum atomic E-state index is 0.565. The molecular formula is C53H31N5O2S. The summed E-state index contributed by atoms with van der Waals surface area (Å²) in [5, 5.41) is 10.8. The summed E-state index contributed by atoms with van der Waals surface area (Å²) in [5.74, 6) is 1.35. The van der Waals surface area contributed by atoms with Crippen molar-refractivity contribution in [2.45, 2.75) is 0 Å². The summed E-state index contributed by atoms with van der Waals surface area (Å²) in [6.07, 6.45) is 3.90. The molecule has 0 unspecified atom stereocenters. The molecule has 0 fully saturated rings. The molecule has 61 heavy (non-hydrogen) atoms. The fourth-order valence-electron chi connectivity index (χ4n) is 8.94. The first-order chi connectivity index (χ1) is 30.2. The van der Waals surface area contributed by atoms with Gasteiger partial charge >= 0.3 is 0 Å². The molecule has 5 heterocycles. The molecule has 0 spiro atoms. The molecule has 8 aromatic carbocycles. The lowest BCUT2D eigenvalue weighted by molar-refractivity contribution is 0.668. The predicted octanol–water partition coefficient (Wildman–Crippen LogP) is 15.3. The van der Waals surface area contributed by atoms with Crippen molar-refractivity contribution in [3.63, 3.8) is 0 Å². The molecule has 7 nitrogen and oxygen atoms in total. The number of para-hydroxylation sites is 2. The van der Waals surface area contributed by atoms with Crippen LogP contribution in [0.1, 0.15) is 0 Å². The van der Waals surface area contributed by atoms with E-state index in [1.54, 1.807) is 11.3 Å². The molecule has 0 atom stereocenters. The highest BCUT2D eigenvalue weighted by Crippen LogP contribution is 2.45. The van der Waals surface area contributed by atoms with Gasteiger partial charge in [0.25, 0.3) is 0 Å². The quantitative estimate of drug-likeness (QED) is 0.166. The minimum Gasteiger partial charge on any atom is -0.456 e. The molecule has 0 saturated heterocycles. The normalized spacial score (nSPS) is 11.9. The van der Waals surface area contributed by atoms with E-state index in [1.807, 2.05) is 48.8 Å². The standard InChI is InChI=1S/C53H31N5O2S/c1-3-15-36-32(11-1)13-9-19-44(36)57(34-23-25-40-38-17-5-7-21-46(38)59-48(40)27-34)51-29-50-42(30-54-51)43-31-55-53(56-52(43)61-50)58(45-20-10-14-33-12-2-4-16-37(33)45)35-24-26-41-39-18-6-8-22-47(39)60-49(41)28-35/h1-31H. The maximum absolute atomic E-state index is 6.40. The molecule has 8 heteroatoms. The van der Waals surface area contributed by atoms with E-state index < -0.39 is 0 Å². The third-order valence-electron chi connectivity index (χ3n) is 11.8. The first-order valence-corrected chi connectivity index (χ1v) is 21.0. The Bertz CT molecular complexity index is 3620. The third kappa shape index (κ3) is 5.32. The summed E-state index contributed by atoms with van der Waals surface area (Å²) >= 11 is 1.64. The van der Waals surface area contributed by atoms with E-state index in [4.69, 9.17) is 23.8 Å².